The number of hydrogen-bond donors (Lipinski definition) is 1. The van der Waals surface area contributed by atoms with Crippen LogP contribution in [0.15, 0.2) is 88.8 Å². The minimum Gasteiger partial charge on any atom is -0.462 e. The van der Waals surface area contributed by atoms with E-state index in [1.807, 2.05) is 36.4 Å². The van der Waals surface area contributed by atoms with Crippen molar-refractivity contribution in [2.24, 2.45) is 0 Å². The van der Waals surface area contributed by atoms with E-state index >= 15 is 0 Å². The molecule has 0 radical (unpaired) electrons. The molecule has 0 saturated carbocycles. The van der Waals surface area contributed by atoms with Gasteiger partial charge in [0.05, 0.1) is 34.5 Å². The zero-order valence-electron chi connectivity index (χ0n) is 17.9. The van der Waals surface area contributed by atoms with E-state index in [2.05, 4.69) is 10.3 Å². The zero-order valence-corrected chi connectivity index (χ0v) is 18.7. The Morgan fingerprint density at radius 3 is 2.39 bits per heavy atom. The number of amides is 1. The van der Waals surface area contributed by atoms with E-state index in [1.165, 1.54) is 16.3 Å². The quantitative estimate of drug-likeness (QED) is 0.252. The topological polar surface area (TPSA) is 90.3 Å². The largest absolute Gasteiger partial charge is 0.462 e. The van der Waals surface area contributed by atoms with E-state index in [-0.39, 0.29) is 17.2 Å². The molecule has 0 saturated heterocycles. The number of esters is 1. The Balaban J connectivity index is 1.54. The molecule has 8 heteroatoms. The third kappa shape index (κ3) is 5.12. The minimum absolute atomic E-state index is 0.0528. The maximum atomic E-state index is 13.2. The molecule has 1 amide bonds. The third-order valence-electron chi connectivity index (χ3n) is 4.77. The molecule has 0 bridgehead atoms. The van der Waals surface area contributed by atoms with Crippen LogP contribution in [0.1, 0.15) is 17.3 Å². The van der Waals surface area contributed by atoms with E-state index in [9.17, 15) is 14.4 Å². The molecule has 1 N–H and O–H groups in total. The first-order valence-corrected chi connectivity index (χ1v) is 11.3. The van der Waals surface area contributed by atoms with Crippen molar-refractivity contribution in [3.8, 4) is 5.69 Å². The Hall–Kier alpha value is -3.91. The van der Waals surface area contributed by atoms with Crippen LogP contribution in [0, 0.1) is 0 Å². The van der Waals surface area contributed by atoms with Gasteiger partial charge in [0.15, 0.2) is 5.16 Å². The fraction of sp³-hybridized carbons (Fsp3) is 0.120. The Bertz CT molecular complexity index is 1350. The summed E-state index contributed by atoms with van der Waals surface area (Å²) in [6.07, 6.45) is 0. The van der Waals surface area contributed by atoms with Gasteiger partial charge < -0.3 is 10.1 Å². The molecule has 0 aliphatic carbocycles. The number of anilines is 1. The molecule has 1 heterocycles. The molecule has 4 rings (SSSR count). The van der Waals surface area contributed by atoms with Crippen LogP contribution in [-0.4, -0.2) is 33.8 Å². The summed E-state index contributed by atoms with van der Waals surface area (Å²) < 4.78 is 6.48. The van der Waals surface area contributed by atoms with Gasteiger partial charge in [-0.2, -0.15) is 0 Å². The third-order valence-corrected chi connectivity index (χ3v) is 5.71. The summed E-state index contributed by atoms with van der Waals surface area (Å²) in [6.45, 7) is 2.04. The molecule has 0 aliphatic heterocycles. The van der Waals surface area contributed by atoms with E-state index in [0.717, 1.165) is 0 Å². The van der Waals surface area contributed by atoms with Gasteiger partial charge in [-0.15, -0.1) is 0 Å². The minimum atomic E-state index is -0.410. The van der Waals surface area contributed by atoms with Crippen LogP contribution in [0.3, 0.4) is 0 Å². The Kier molecular flexibility index (Phi) is 6.85. The lowest BCUT2D eigenvalue weighted by Crippen LogP contribution is -2.22. The Labute approximate surface area is 194 Å². The number of nitrogens with zero attached hydrogens (tertiary/aromatic N) is 2. The van der Waals surface area contributed by atoms with Gasteiger partial charge in [-0.1, -0.05) is 42.1 Å². The second-order valence-corrected chi connectivity index (χ2v) is 7.96. The second-order valence-electron chi connectivity index (χ2n) is 7.02. The van der Waals surface area contributed by atoms with Gasteiger partial charge in [-0.25, -0.2) is 9.78 Å². The van der Waals surface area contributed by atoms with Gasteiger partial charge >= 0.3 is 5.97 Å². The van der Waals surface area contributed by atoms with Crippen molar-refractivity contribution in [3.63, 3.8) is 0 Å². The lowest BCUT2D eigenvalue weighted by atomic mass is 10.2. The summed E-state index contributed by atoms with van der Waals surface area (Å²) in [7, 11) is 0. The molecule has 3 aromatic carbocycles. The normalized spacial score (nSPS) is 10.7. The van der Waals surface area contributed by atoms with E-state index in [1.54, 1.807) is 49.4 Å². The van der Waals surface area contributed by atoms with Crippen molar-refractivity contribution < 1.29 is 14.3 Å². The van der Waals surface area contributed by atoms with Crippen LogP contribution in [0.4, 0.5) is 5.69 Å². The van der Waals surface area contributed by atoms with Crippen LogP contribution in [0.2, 0.25) is 0 Å². The number of fused-ring (bicyclic) bond motifs is 1. The number of para-hydroxylation sites is 2. The molecule has 0 atom stereocenters. The van der Waals surface area contributed by atoms with Gasteiger partial charge in [0, 0.05) is 5.69 Å². The lowest BCUT2D eigenvalue weighted by molar-refractivity contribution is -0.113. The van der Waals surface area contributed by atoms with Crippen LogP contribution in [0.5, 0.6) is 0 Å². The SMILES string of the molecule is CCOC(=O)c1ccc(NC(=O)CSc2nc3ccccc3c(=O)n2-c2ccccc2)cc1. The number of rotatable bonds is 7. The number of thioether (sulfide) groups is 1. The van der Waals surface area contributed by atoms with Crippen LogP contribution in [0.25, 0.3) is 16.6 Å². The van der Waals surface area contributed by atoms with E-state index in [0.29, 0.717) is 39.6 Å². The molecule has 1 aromatic heterocycles. The van der Waals surface area contributed by atoms with Crippen molar-refractivity contribution in [2.45, 2.75) is 12.1 Å². The Morgan fingerprint density at radius 1 is 0.970 bits per heavy atom. The van der Waals surface area contributed by atoms with Crippen molar-refractivity contribution in [3.05, 3.63) is 94.8 Å². The molecule has 4 aromatic rings. The first kappa shape index (κ1) is 22.3. The highest BCUT2D eigenvalue weighted by Crippen LogP contribution is 2.21. The molecule has 33 heavy (non-hydrogen) atoms. The van der Waals surface area contributed by atoms with Crippen molar-refractivity contribution in [1.82, 2.24) is 9.55 Å². The number of nitrogens with one attached hydrogen (secondary N) is 1. The summed E-state index contributed by atoms with van der Waals surface area (Å²) in [5.74, 6) is -0.616. The Morgan fingerprint density at radius 2 is 1.67 bits per heavy atom. The molecule has 166 valence electrons. The summed E-state index contributed by atoms with van der Waals surface area (Å²) in [5.41, 5.74) is 2.03. The highest BCUT2D eigenvalue weighted by atomic mass is 32.2. The molecular formula is C25H21N3O4S. The van der Waals surface area contributed by atoms with E-state index < -0.39 is 5.97 Å². The highest BCUT2D eigenvalue weighted by molar-refractivity contribution is 7.99. The predicted octanol–water partition coefficient (Wildman–Crippen LogP) is 4.29. The summed E-state index contributed by atoms with van der Waals surface area (Å²) >= 11 is 1.18. The first-order chi connectivity index (χ1) is 16.1. The van der Waals surface area contributed by atoms with Crippen molar-refractivity contribution in [2.75, 3.05) is 17.7 Å². The van der Waals surface area contributed by atoms with Crippen LogP contribution in [-0.2, 0) is 9.53 Å². The van der Waals surface area contributed by atoms with Crippen molar-refractivity contribution >= 4 is 40.2 Å². The van der Waals surface area contributed by atoms with E-state index in [4.69, 9.17) is 4.74 Å². The van der Waals surface area contributed by atoms with Gasteiger partial charge in [-0.3, -0.25) is 14.2 Å². The fourth-order valence-corrected chi connectivity index (χ4v) is 4.06. The second kappa shape index (κ2) is 10.1. The first-order valence-electron chi connectivity index (χ1n) is 10.3. The smallest absolute Gasteiger partial charge is 0.338 e. The zero-order chi connectivity index (χ0) is 23.2. The van der Waals surface area contributed by atoms with Crippen LogP contribution < -0.4 is 10.9 Å². The van der Waals surface area contributed by atoms with Crippen LogP contribution >= 0.6 is 11.8 Å². The van der Waals surface area contributed by atoms with Gasteiger partial charge in [0.2, 0.25) is 5.91 Å². The molecule has 0 aliphatic rings. The summed E-state index contributed by atoms with van der Waals surface area (Å²) in [5, 5.41) is 3.73. The van der Waals surface area contributed by atoms with Gasteiger partial charge in [0.25, 0.3) is 5.56 Å². The highest BCUT2D eigenvalue weighted by Gasteiger charge is 2.15. The summed E-state index contributed by atoms with van der Waals surface area (Å²) in [4.78, 5) is 42.1. The average molecular weight is 460 g/mol. The lowest BCUT2D eigenvalue weighted by Gasteiger charge is -2.13. The number of carbonyl (C=O) groups is 2. The summed E-state index contributed by atoms with van der Waals surface area (Å²) in [6, 6.07) is 22.8. The monoisotopic (exact) mass is 459 g/mol. The number of benzene rings is 3. The molecular weight excluding hydrogens is 438 g/mol. The molecule has 0 unspecified atom stereocenters. The fourth-order valence-electron chi connectivity index (χ4n) is 3.25. The number of hydrogen-bond acceptors (Lipinski definition) is 6. The number of aromatic nitrogens is 2. The maximum Gasteiger partial charge on any atom is 0.338 e. The number of carbonyl (C=O) groups excluding carboxylic acids is 2. The van der Waals surface area contributed by atoms with Crippen molar-refractivity contribution in [1.29, 1.82) is 0 Å². The van der Waals surface area contributed by atoms with Gasteiger partial charge in [0.1, 0.15) is 0 Å². The molecule has 0 fully saturated rings. The predicted molar refractivity (Wildman–Crippen MR) is 129 cm³/mol. The molecule has 7 nitrogen and oxygen atoms in total. The number of ether oxygens (including phenoxy) is 1. The molecule has 0 spiro atoms. The average Bonchev–Trinajstić information content (AvgIpc) is 2.84. The van der Waals surface area contributed by atoms with Gasteiger partial charge in [-0.05, 0) is 55.5 Å². The standard InChI is InChI=1S/C25H21N3O4S/c1-2-32-24(31)17-12-14-18(15-13-17)26-22(29)16-33-25-27-21-11-7-6-10-20(21)23(30)28(25)19-8-4-3-5-9-19/h3-15H,2,16H2,1H3,(H,26,29). The maximum absolute atomic E-state index is 13.2.